The lowest BCUT2D eigenvalue weighted by Gasteiger charge is -2.17. The SMILES string of the molecule is CCNC(=NCc1ccc(OCCOc2ccccc2)nc1)NC(C)CCS(C)(=O)=O. The highest BCUT2D eigenvalue weighted by atomic mass is 32.2. The van der Waals surface area contributed by atoms with Crippen molar-refractivity contribution in [1.29, 1.82) is 0 Å². The highest BCUT2D eigenvalue weighted by molar-refractivity contribution is 7.90. The molecule has 0 saturated carbocycles. The maximum Gasteiger partial charge on any atom is 0.213 e. The smallest absolute Gasteiger partial charge is 0.213 e. The Kier molecular flexibility index (Phi) is 10.1. The largest absolute Gasteiger partial charge is 0.490 e. The number of hydrogen-bond acceptors (Lipinski definition) is 6. The summed E-state index contributed by atoms with van der Waals surface area (Å²) in [6, 6.07) is 13.3. The molecule has 9 heteroatoms. The monoisotopic (exact) mass is 448 g/mol. The van der Waals surface area contributed by atoms with Crippen LogP contribution in [0.3, 0.4) is 0 Å². The van der Waals surface area contributed by atoms with Gasteiger partial charge in [0, 0.05) is 31.1 Å². The van der Waals surface area contributed by atoms with Gasteiger partial charge in [-0.3, -0.25) is 0 Å². The Hall–Kier alpha value is -2.81. The second-order valence-corrected chi connectivity index (χ2v) is 9.43. The van der Waals surface area contributed by atoms with Gasteiger partial charge in [0.2, 0.25) is 5.88 Å². The Balaban J connectivity index is 1.78. The van der Waals surface area contributed by atoms with Gasteiger partial charge in [-0.15, -0.1) is 0 Å². The first-order valence-corrected chi connectivity index (χ1v) is 12.4. The Morgan fingerprint density at radius 2 is 1.87 bits per heavy atom. The van der Waals surface area contributed by atoms with Crippen LogP contribution in [0.25, 0.3) is 0 Å². The first-order valence-electron chi connectivity index (χ1n) is 10.3. The summed E-state index contributed by atoms with van der Waals surface area (Å²) in [5.74, 6) is 2.12. The highest BCUT2D eigenvalue weighted by Gasteiger charge is 2.09. The number of pyridine rings is 1. The fourth-order valence-electron chi connectivity index (χ4n) is 2.60. The van der Waals surface area contributed by atoms with E-state index < -0.39 is 9.84 Å². The number of benzene rings is 1. The Morgan fingerprint density at radius 1 is 1.13 bits per heavy atom. The minimum absolute atomic E-state index is 0.0143. The van der Waals surface area contributed by atoms with Crippen molar-refractivity contribution in [2.75, 3.05) is 31.8 Å². The lowest BCUT2D eigenvalue weighted by molar-refractivity contribution is 0.212. The van der Waals surface area contributed by atoms with Gasteiger partial charge in [0.25, 0.3) is 0 Å². The standard InChI is InChI=1S/C22H32N4O4S/c1-4-23-22(26-18(2)12-15-31(3,27)28)25-17-19-10-11-21(24-16-19)30-14-13-29-20-8-6-5-7-9-20/h5-11,16,18H,4,12-15,17H2,1-3H3,(H2,23,25,26). The van der Waals surface area contributed by atoms with Crippen molar-refractivity contribution in [1.82, 2.24) is 15.6 Å². The molecule has 170 valence electrons. The van der Waals surface area contributed by atoms with E-state index in [0.717, 1.165) is 11.3 Å². The van der Waals surface area contributed by atoms with Gasteiger partial charge in [-0.05, 0) is 38.0 Å². The van der Waals surface area contributed by atoms with E-state index in [9.17, 15) is 8.42 Å². The van der Waals surface area contributed by atoms with Crippen molar-refractivity contribution in [3.05, 3.63) is 54.2 Å². The van der Waals surface area contributed by atoms with E-state index in [1.165, 1.54) is 6.26 Å². The van der Waals surface area contributed by atoms with E-state index in [4.69, 9.17) is 9.47 Å². The summed E-state index contributed by atoms with van der Waals surface area (Å²) in [5, 5.41) is 6.41. The molecular formula is C22H32N4O4S. The average Bonchev–Trinajstić information content (AvgIpc) is 2.75. The molecule has 0 aliphatic rings. The number of nitrogens with one attached hydrogen (secondary N) is 2. The lowest BCUT2D eigenvalue weighted by atomic mass is 10.2. The minimum atomic E-state index is -2.98. The summed E-state index contributed by atoms with van der Waals surface area (Å²) in [4.78, 5) is 8.86. The maximum absolute atomic E-state index is 11.3. The zero-order valence-electron chi connectivity index (χ0n) is 18.4. The molecule has 2 rings (SSSR count). The third-order valence-corrected chi connectivity index (χ3v) is 5.19. The molecule has 0 bridgehead atoms. The van der Waals surface area contributed by atoms with Crippen LogP contribution >= 0.6 is 0 Å². The second kappa shape index (κ2) is 12.8. The van der Waals surface area contributed by atoms with Crippen LogP contribution in [-0.4, -0.2) is 57.2 Å². The highest BCUT2D eigenvalue weighted by Crippen LogP contribution is 2.10. The Labute approximate surface area is 185 Å². The van der Waals surface area contributed by atoms with Crippen LogP contribution in [0.5, 0.6) is 11.6 Å². The summed E-state index contributed by atoms with van der Waals surface area (Å²) in [6.07, 6.45) is 3.49. The predicted molar refractivity (Wildman–Crippen MR) is 123 cm³/mol. The number of ether oxygens (including phenoxy) is 2. The summed E-state index contributed by atoms with van der Waals surface area (Å²) < 4.78 is 33.9. The molecule has 0 spiro atoms. The van der Waals surface area contributed by atoms with E-state index >= 15 is 0 Å². The molecule has 0 radical (unpaired) electrons. The average molecular weight is 449 g/mol. The van der Waals surface area contributed by atoms with Gasteiger partial charge >= 0.3 is 0 Å². The summed E-state index contributed by atoms with van der Waals surface area (Å²) in [6.45, 7) is 5.91. The molecule has 0 aliphatic heterocycles. The summed E-state index contributed by atoms with van der Waals surface area (Å²) in [7, 11) is -2.98. The fraction of sp³-hybridized carbons (Fsp3) is 0.455. The van der Waals surface area contributed by atoms with Gasteiger partial charge in [0.05, 0.1) is 12.3 Å². The fourth-order valence-corrected chi connectivity index (χ4v) is 3.38. The first-order chi connectivity index (χ1) is 14.9. The molecular weight excluding hydrogens is 416 g/mol. The second-order valence-electron chi connectivity index (χ2n) is 7.17. The van der Waals surface area contributed by atoms with Crippen LogP contribution < -0.4 is 20.1 Å². The van der Waals surface area contributed by atoms with Gasteiger partial charge in [-0.25, -0.2) is 18.4 Å². The number of hydrogen-bond donors (Lipinski definition) is 2. The third-order valence-electron chi connectivity index (χ3n) is 4.21. The van der Waals surface area contributed by atoms with Crippen LogP contribution in [0.1, 0.15) is 25.8 Å². The molecule has 2 N–H and O–H groups in total. The maximum atomic E-state index is 11.3. The minimum Gasteiger partial charge on any atom is -0.490 e. The van der Waals surface area contributed by atoms with Crippen molar-refractivity contribution in [2.24, 2.45) is 4.99 Å². The number of guanidine groups is 1. The molecule has 0 amide bonds. The molecule has 0 aliphatic carbocycles. The molecule has 1 heterocycles. The normalized spacial score (nSPS) is 12.8. The molecule has 1 aromatic heterocycles. The molecule has 1 aromatic carbocycles. The molecule has 0 saturated heterocycles. The van der Waals surface area contributed by atoms with Gasteiger partial charge < -0.3 is 20.1 Å². The number of nitrogens with zero attached hydrogens (tertiary/aromatic N) is 2. The zero-order valence-corrected chi connectivity index (χ0v) is 19.2. The van der Waals surface area contributed by atoms with Crippen LogP contribution in [0.2, 0.25) is 0 Å². The summed E-state index contributed by atoms with van der Waals surface area (Å²) >= 11 is 0. The van der Waals surface area contributed by atoms with Crippen LogP contribution in [0, 0.1) is 0 Å². The van der Waals surface area contributed by atoms with Crippen molar-refractivity contribution in [3.8, 4) is 11.6 Å². The number of sulfone groups is 1. The van der Waals surface area contributed by atoms with Crippen LogP contribution in [0.4, 0.5) is 0 Å². The molecule has 1 unspecified atom stereocenters. The van der Waals surface area contributed by atoms with E-state index in [0.29, 0.717) is 44.6 Å². The molecule has 31 heavy (non-hydrogen) atoms. The van der Waals surface area contributed by atoms with Gasteiger partial charge in [0.15, 0.2) is 5.96 Å². The number of aromatic nitrogens is 1. The Morgan fingerprint density at radius 3 is 2.52 bits per heavy atom. The van der Waals surface area contributed by atoms with Crippen molar-refractivity contribution in [2.45, 2.75) is 32.9 Å². The number of aliphatic imine (C=N–C) groups is 1. The van der Waals surface area contributed by atoms with Crippen molar-refractivity contribution >= 4 is 15.8 Å². The van der Waals surface area contributed by atoms with Crippen molar-refractivity contribution in [3.63, 3.8) is 0 Å². The lowest BCUT2D eigenvalue weighted by Crippen LogP contribution is -2.42. The van der Waals surface area contributed by atoms with Crippen molar-refractivity contribution < 1.29 is 17.9 Å². The Bertz CT molecular complexity index is 903. The van der Waals surface area contributed by atoms with E-state index in [-0.39, 0.29) is 11.8 Å². The molecule has 1 atom stereocenters. The van der Waals surface area contributed by atoms with Gasteiger partial charge in [-0.2, -0.15) is 0 Å². The summed E-state index contributed by atoms with van der Waals surface area (Å²) in [5.41, 5.74) is 0.939. The molecule has 0 fully saturated rings. The van der Waals surface area contributed by atoms with Gasteiger partial charge in [-0.1, -0.05) is 24.3 Å². The van der Waals surface area contributed by atoms with Crippen LogP contribution in [0.15, 0.2) is 53.7 Å². The predicted octanol–water partition coefficient (Wildman–Crippen LogP) is 2.42. The topological polar surface area (TPSA) is 102 Å². The number of para-hydroxylation sites is 1. The third kappa shape index (κ3) is 10.7. The van der Waals surface area contributed by atoms with E-state index in [1.54, 1.807) is 6.20 Å². The number of rotatable bonds is 12. The quantitative estimate of drug-likeness (QED) is 0.292. The van der Waals surface area contributed by atoms with Crippen LogP contribution in [-0.2, 0) is 16.4 Å². The first kappa shape index (κ1) is 24.5. The van der Waals surface area contributed by atoms with E-state index in [2.05, 4.69) is 20.6 Å². The van der Waals surface area contributed by atoms with E-state index in [1.807, 2.05) is 56.3 Å². The zero-order chi connectivity index (χ0) is 22.5. The molecule has 2 aromatic rings. The van der Waals surface area contributed by atoms with Gasteiger partial charge in [0.1, 0.15) is 28.8 Å². The molecule has 8 nitrogen and oxygen atoms in total.